The lowest BCUT2D eigenvalue weighted by Gasteiger charge is -2.04. The molecule has 0 radical (unpaired) electrons. The zero-order valence-corrected chi connectivity index (χ0v) is 15.8. The Bertz CT molecular complexity index is 1150. The third kappa shape index (κ3) is 3.54. The van der Waals surface area contributed by atoms with Gasteiger partial charge in [-0.15, -0.1) is 0 Å². The highest BCUT2D eigenvalue weighted by atomic mass is 35.5. The molecule has 1 aromatic heterocycles. The van der Waals surface area contributed by atoms with Gasteiger partial charge >= 0.3 is 0 Å². The smallest absolute Gasteiger partial charge is 0.227 e. The number of phenols is 1. The Balaban J connectivity index is 1.66. The maximum atomic E-state index is 10.0. The van der Waals surface area contributed by atoms with Gasteiger partial charge in [-0.2, -0.15) is 0 Å². The van der Waals surface area contributed by atoms with Gasteiger partial charge < -0.3 is 9.52 Å². The molecule has 4 rings (SSSR count). The molecule has 0 aliphatic heterocycles. The number of oxazole rings is 1. The number of benzene rings is 3. The number of halogens is 2. The van der Waals surface area contributed by atoms with Crippen molar-refractivity contribution in [1.82, 2.24) is 4.98 Å². The first-order valence-electron chi connectivity index (χ1n) is 8.20. The molecule has 134 valence electrons. The Morgan fingerprint density at radius 3 is 2.67 bits per heavy atom. The summed E-state index contributed by atoms with van der Waals surface area (Å²) in [4.78, 5) is 8.95. The van der Waals surface area contributed by atoms with E-state index in [-0.39, 0.29) is 10.8 Å². The molecule has 3 aromatic carbocycles. The topological polar surface area (TPSA) is 58.6 Å². The van der Waals surface area contributed by atoms with Gasteiger partial charge in [0.05, 0.1) is 10.7 Å². The van der Waals surface area contributed by atoms with E-state index >= 15 is 0 Å². The molecule has 27 heavy (non-hydrogen) atoms. The molecule has 1 heterocycles. The summed E-state index contributed by atoms with van der Waals surface area (Å²) in [6.07, 6.45) is 1.54. The van der Waals surface area contributed by atoms with Crippen LogP contribution in [0.25, 0.3) is 22.6 Å². The summed E-state index contributed by atoms with van der Waals surface area (Å²) in [6, 6.07) is 16.5. The van der Waals surface area contributed by atoms with E-state index in [4.69, 9.17) is 27.6 Å². The Morgan fingerprint density at radius 1 is 1.07 bits per heavy atom. The maximum Gasteiger partial charge on any atom is 0.227 e. The number of nitrogens with zero attached hydrogens (tertiary/aromatic N) is 2. The van der Waals surface area contributed by atoms with Gasteiger partial charge in [0.1, 0.15) is 11.3 Å². The first-order valence-corrected chi connectivity index (χ1v) is 8.95. The fraction of sp³-hybridized carbons (Fsp3) is 0.0476. The van der Waals surface area contributed by atoms with E-state index in [0.717, 1.165) is 27.9 Å². The van der Waals surface area contributed by atoms with Crippen molar-refractivity contribution < 1.29 is 9.52 Å². The van der Waals surface area contributed by atoms with Crippen molar-refractivity contribution in [1.29, 1.82) is 0 Å². The quantitative estimate of drug-likeness (QED) is 0.398. The minimum Gasteiger partial charge on any atom is -0.506 e. The van der Waals surface area contributed by atoms with Crippen LogP contribution in [0.4, 0.5) is 5.69 Å². The molecule has 0 bridgehead atoms. The number of phenolic OH excluding ortho intramolecular Hbond substituents is 1. The minimum absolute atomic E-state index is 0.0504. The standard InChI is InChI=1S/C21H14Cl2N2O2/c1-12-8-13(21-25-18-4-2-3-5-19(18)27-21)6-7-17(12)24-11-14-9-15(22)10-16(23)20(14)26/h2-11,26H,1H3. The summed E-state index contributed by atoms with van der Waals surface area (Å²) in [7, 11) is 0. The predicted octanol–water partition coefficient (Wildman–Crippen LogP) is 6.57. The van der Waals surface area contributed by atoms with E-state index in [0.29, 0.717) is 16.5 Å². The molecule has 1 N–H and O–H groups in total. The summed E-state index contributed by atoms with van der Waals surface area (Å²) >= 11 is 11.9. The largest absolute Gasteiger partial charge is 0.506 e. The normalized spacial score (nSPS) is 11.5. The molecule has 0 amide bonds. The van der Waals surface area contributed by atoms with Crippen molar-refractivity contribution in [3.63, 3.8) is 0 Å². The lowest BCUT2D eigenvalue weighted by Crippen LogP contribution is -1.85. The van der Waals surface area contributed by atoms with Crippen LogP contribution in [0.15, 0.2) is 64.0 Å². The van der Waals surface area contributed by atoms with Crippen molar-refractivity contribution in [2.75, 3.05) is 0 Å². The zero-order chi connectivity index (χ0) is 19.0. The molecule has 4 aromatic rings. The van der Waals surface area contributed by atoms with E-state index < -0.39 is 0 Å². The van der Waals surface area contributed by atoms with Crippen molar-refractivity contribution in [3.05, 3.63) is 75.8 Å². The fourth-order valence-corrected chi connectivity index (χ4v) is 3.26. The van der Waals surface area contributed by atoms with Crippen molar-refractivity contribution >= 4 is 46.2 Å². The molecule has 0 aliphatic rings. The summed E-state index contributed by atoms with van der Waals surface area (Å²) < 4.78 is 5.81. The second-order valence-corrected chi connectivity index (χ2v) is 6.92. The van der Waals surface area contributed by atoms with Crippen LogP contribution in [-0.2, 0) is 0 Å². The maximum absolute atomic E-state index is 10.0. The molecule has 0 spiro atoms. The Labute approximate surface area is 165 Å². The third-order valence-electron chi connectivity index (χ3n) is 4.14. The number of aromatic hydroxyl groups is 1. The highest BCUT2D eigenvalue weighted by Crippen LogP contribution is 2.32. The molecule has 0 saturated heterocycles. The SMILES string of the molecule is Cc1cc(-c2nc3ccccc3o2)ccc1N=Cc1cc(Cl)cc(Cl)c1O. The van der Waals surface area contributed by atoms with Crippen LogP contribution in [0.2, 0.25) is 10.0 Å². The van der Waals surface area contributed by atoms with Gasteiger partial charge in [0, 0.05) is 22.4 Å². The molecule has 0 aliphatic carbocycles. The molecular formula is C21H14Cl2N2O2. The molecule has 6 heteroatoms. The van der Waals surface area contributed by atoms with E-state index in [1.807, 2.05) is 49.4 Å². The van der Waals surface area contributed by atoms with E-state index in [1.54, 1.807) is 6.07 Å². The van der Waals surface area contributed by atoms with Crippen LogP contribution in [-0.4, -0.2) is 16.3 Å². The summed E-state index contributed by atoms with van der Waals surface area (Å²) in [5.74, 6) is 0.514. The third-order valence-corrected chi connectivity index (χ3v) is 4.64. The van der Waals surface area contributed by atoms with Crippen LogP contribution in [0.3, 0.4) is 0 Å². The van der Waals surface area contributed by atoms with Gasteiger partial charge in [0.25, 0.3) is 0 Å². The number of fused-ring (bicyclic) bond motifs is 1. The molecule has 0 fully saturated rings. The minimum atomic E-state index is -0.0504. The van der Waals surface area contributed by atoms with Gasteiger partial charge in [-0.25, -0.2) is 4.98 Å². The van der Waals surface area contributed by atoms with Crippen LogP contribution < -0.4 is 0 Å². The molecule has 0 atom stereocenters. The Hall–Kier alpha value is -2.82. The van der Waals surface area contributed by atoms with Crippen LogP contribution in [0.5, 0.6) is 5.75 Å². The number of aryl methyl sites for hydroxylation is 1. The highest BCUT2D eigenvalue weighted by molar-refractivity contribution is 6.36. The number of hydrogen-bond acceptors (Lipinski definition) is 4. The molecule has 0 unspecified atom stereocenters. The second kappa shape index (κ2) is 7.06. The van der Waals surface area contributed by atoms with E-state index in [1.165, 1.54) is 12.3 Å². The van der Waals surface area contributed by atoms with Gasteiger partial charge in [-0.1, -0.05) is 35.3 Å². The Kier molecular flexibility index (Phi) is 4.60. The van der Waals surface area contributed by atoms with Crippen molar-refractivity contribution in [3.8, 4) is 17.2 Å². The monoisotopic (exact) mass is 396 g/mol. The number of rotatable bonds is 3. The second-order valence-electron chi connectivity index (χ2n) is 6.07. The first kappa shape index (κ1) is 17.6. The predicted molar refractivity (Wildman–Crippen MR) is 110 cm³/mol. The van der Waals surface area contributed by atoms with E-state index in [9.17, 15) is 5.11 Å². The lowest BCUT2D eigenvalue weighted by atomic mass is 10.1. The average Bonchev–Trinajstić information content (AvgIpc) is 3.08. The summed E-state index contributed by atoms with van der Waals surface area (Å²) in [6.45, 7) is 1.95. The lowest BCUT2D eigenvalue weighted by molar-refractivity contribution is 0.475. The van der Waals surface area contributed by atoms with E-state index in [2.05, 4.69) is 9.98 Å². The molecular weight excluding hydrogens is 383 g/mol. The highest BCUT2D eigenvalue weighted by Gasteiger charge is 2.10. The molecule has 4 nitrogen and oxygen atoms in total. The first-order chi connectivity index (χ1) is 13.0. The van der Waals surface area contributed by atoms with Crippen LogP contribution in [0, 0.1) is 6.92 Å². The van der Waals surface area contributed by atoms with Gasteiger partial charge in [0.2, 0.25) is 5.89 Å². The number of para-hydroxylation sites is 2. The van der Waals surface area contributed by atoms with Crippen LogP contribution in [0.1, 0.15) is 11.1 Å². The van der Waals surface area contributed by atoms with Crippen molar-refractivity contribution in [2.24, 2.45) is 4.99 Å². The van der Waals surface area contributed by atoms with Crippen LogP contribution >= 0.6 is 23.2 Å². The van der Waals surface area contributed by atoms with Gasteiger partial charge in [-0.05, 0) is 55.0 Å². The van der Waals surface area contributed by atoms with Gasteiger partial charge in [0.15, 0.2) is 5.58 Å². The number of hydrogen-bond donors (Lipinski definition) is 1. The number of aliphatic imine (C=N–C) groups is 1. The summed E-state index contributed by atoms with van der Waals surface area (Å²) in [5.41, 5.74) is 4.59. The molecule has 0 saturated carbocycles. The zero-order valence-electron chi connectivity index (χ0n) is 14.3. The Morgan fingerprint density at radius 2 is 1.89 bits per heavy atom. The fourth-order valence-electron chi connectivity index (χ4n) is 2.75. The average molecular weight is 397 g/mol. The van der Waals surface area contributed by atoms with Gasteiger partial charge in [-0.3, -0.25) is 4.99 Å². The number of aromatic nitrogens is 1. The summed E-state index contributed by atoms with van der Waals surface area (Å²) in [5, 5.41) is 10.6. The van der Waals surface area contributed by atoms with Crippen molar-refractivity contribution in [2.45, 2.75) is 6.92 Å².